The number of hydrogen-bond donors (Lipinski definition) is 0. The van der Waals surface area contributed by atoms with Gasteiger partial charge < -0.3 is 4.48 Å². The van der Waals surface area contributed by atoms with Crippen molar-refractivity contribution >= 4 is 30.7 Å². The predicted octanol–water partition coefficient (Wildman–Crippen LogP) is 0.805. The molecule has 0 saturated carbocycles. The summed E-state index contributed by atoms with van der Waals surface area (Å²) >= 11 is 0. The Morgan fingerprint density at radius 1 is 0.864 bits per heavy atom. The average Bonchev–Trinajstić information content (AvgIpc) is 2.58. The van der Waals surface area contributed by atoms with Gasteiger partial charge in [-0.05, 0) is 6.42 Å². The third-order valence-corrected chi connectivity index (χ3v) is 8.62. The zero-order valence-electron chi connectivity index (χ0n) is 12.1. The Morgan fingerprint density at radius 2 is 1.18 bits per heavy atom. The summed E-state index contributed by atoms with van der Waals surface area (Å²) in [6, 6.07) is 0. The van der Waals surface area contributed by atoms with E-state index in [4.69, 9.17) is 0 Å². The van der Waals surface area contributed by atoms with Gasteiger partial charge in [-0.2, -0.15) is 25.3 Å². The van der Waals surface area contributed by atoms with Crippen LogP contribution >= 0.6 is 0 Å². The molecule has 1 aliphatic heterocycles. The molecule has 1 aliphatic rings. The highest BCUT2D eigenvalue weighted by molar-refractivity contribution is 8.19. The molecule has 0 atom stereocenters. The van der Waals surface area contributed by atoms with Crippen LogP contribution in [0, 0.1) is 0 Å². The van der Waals surface area contributed by atoms with E-state index in [1.54, 1.807) is 0 Å². The average molecular weight is 390 g/mol. The summed E-state index contributed by atoms with van der Waals surface area (Å²) < 4.78 is 90.6. The fourth-order valence-electron chi connectivity index (χ4n) is 2.27. The van der Waals surface area contributed by atoms with Crippen LogP contribution in [0.1, 0.15) is 26.2 Å². The van der Waals surface area contributed by atoms with E-state index >= 15 is 0 Å². The monoisotopic (exact) mass is 390 g/mol. The zero-order chi connectivity index (χ0) is 17.8. The van der Waals surface area contributed by atoms with Crippen molar-refractivity contribution in [2.45, 2.75) is 30.1 Å². The summed E-state index contributed by atoms with van der Waals surface area (Å²) in [5.41, 5.74) is 0. The third-order valence-electron chi connectivity index (χ3n) is 3.10. The summed E-state index contributed by atoms with van der Waals surface area (Å²) in [6.45, 7) is 6.52. The molecule has 13 heteroatoms. The first-order chi connectivity index (χ1) is 9.63. The molecule has 0 aliphatic carbocycles. The van der Waals surface area contributed by atoms with E-state index in [1.807, 2.05) is 0 Å². The van der Waals surface area contributed by atoms with E-state index in [-0.39, 0.29) is 0 Å². The molecule has 1 rings (SSSR count). The predicted molar refractivity (Wildman–Crippen MR) is 74.2 cm³/mol. The van der Waals surface area contributed by atoms with E-state index in [0.717, 1.165) is 0 Å². The highest BCUT2D eigenvalue weighted by Crippen LogP contribution is 2.21. The summed E-state index contributed by atoms with van der Waals surface area (Å²) in [5, 5.41) is 0. The molecular weight excluding hydrogens is 371 g/mol. The van der Waals surface area contributed by atoms with Crippen molar-refractivity contribution in [1.29, 1.82) is 0 Å². The molecular formula is C9H19F3NO6S3+. The van der Waals surface area contributed by atoms with Gasteiger partial charge in [0.15, 0.2) is 0 Å². The standard InChI is InChI=1S/C8H18N.CHF3O6S3/c1-3-6-9(2)7-4-5-8-9;2-11(5,6)1(12(3,7)8)13(4,9)10/h3-8H2,1-2H3;1H/q+1;. The van der Waals surface area contributed by atoms with Crippen LogP contribution in [0.5, 0.6) is 0 Å². The minimum Gasteiger partial charge on any atom is -0.326 e. The summed E-state index contributed by atoms with van der Waals surface area (Å²) in [7, 11) is -16.8. The Bertz CT molecular complexity index is 591. The van der Waals surface area contributed by atoms with Crippen LogP contribution in [0.15, 0.2) is 0 Å². The van der Waals surface area contributed by atoms with E-state index in [2.05, 4.69) is 14.0 Å². The number of nitrogens with zero attached hydrogens (tertiary/aromatic N) is 1. The van der Waals surface area contributed by atoms with Gasteiger partial charge in [-0.25, -0.2) is 0 Å². The number of likely N-dealkylation sites (tertiary alicyclic amines) is 1. The molecule has 1 fully saturated rings. The molecule has 1 heterocycles. The van der Waals surface area contributed by atoms with Gasteiger partial charge in [0.05, 0.1) is 26.7 Å². The topological polar surface area (TPSA) is 102 Å². The van der Waals surface area contributed by atoms with Gasteiger partial charge in [-0.15, -0.1) is 11.7 Å². The quantitative estimate of drug-likeness (QED) is 0.508. The highest BCUT2D eigenvalue weighted by atomic mass is 32.4. The minimum absolute atomic E-state index is 1.34. The van der Waals surface area contributed by atoms with Crippen LogP contribution in [-0.4, -0.2) is 60.3 Å². The van der Waals surface area contributed by atoms with Crippen LogP contribution in [0.2, 0.25) is 0 Å². The van der Waals surface area contributed by atoms with Crippen molar-refractivity contribution in [3.63, 3.8) is 0 Å². The van der Waals surface area contributed by atoms with Gasteiger partial charge in [0.2, 0.25) is 0 Å². The first-order valence-corrected chi connectivity index (χ1v) is 10.6. The summed E-state index contributed by atoms with van der Waals surface area (Å²) in [6.07, 6.45) is 4.25. The molecule has 0 aromatic heterocycles. The maximum Gasteiger partial charge on any atom is 0.349 e. The Hall–Kier alpha value is -0.400. The maximum atomic E-state index is 11.8. The summed E-state index contributed by atoms with van der Waals surface area (Å²) in [4.78, 5) is 0. The van der Waals surface area contributed by atoms with Crippen LogP contribution in [0.3, 0.4) is 0 Å². The lowest BCUT2D eigenvalue weighted by molar-refractivity contribution is -0.897. The van der Waals surface area contributed by atoms with E-state index in [9.17, 15) is 36.9 Å². The number of hydrogen-bond acceptors (Lipinski definition) is 6. The van der Waals surface area contributed by atoms with E-state index in [0.29, 0.717) is 0 Å². The molecule has 0 bridgehead atoms. The number of halogens is 3. The zero-order valence-corrected chi connectivity index (χ0v) is 14.5. The van der Waals surface area contributed by atoms with Crippen LogP contribution in [0.25, 0.3) is 0 Å². The minimum atomic E-state index is -6.41. The largest absolute Gasteiger partial charge is 0.349 e. The summed E-state index contributed by atoms with van der Waals surface area (Å²) in [5.74, 6) is 0. The SMILES string of the molecule is CCC[N+]1(C)CCCC1.O=S(=O)(F)C(S(=O)(=O)F)S(=O)(=O)F. The van der Waals surface area contributed by atoms with Gasteiger partial charge in [-0.1, -0.05) is 6.92 Å². The molecule has 0 aromatic rings. The number of quaternary nitrogens is 1. The Balaban J connectivity index is 0.000000425. The van der Waals surface area contributed by atoms with Crippen molar-refractivity contribution in [3.05, 3.63) is 0 Å². The van der Waals surface area contributed by atoms with Gasteiger partial charge >= 0.3 is 34.6 Å². The second kappa shape index (κ2) is 7.45. The molecule has 0 aromatic carbocycles. The van der Waals surface area contributed by atoms with E-state index < -0.39 is 34.6 Å². The molecule has 0 amide bonds. The molecule has 0 radical (unpaired) electrons. The van der Waals surface area contributed by atoms with Crippen LogP contribution < -0.4 is 0 Å². The van der Waals surface area contributed by atoms with Crippen molar-refractivity contribution in [3.8, 4) is 0 Å². The smallest absolute Gasteiger partial charge is 0.326 e. The number of rotatable bonds is 5. The lowest BCUT2D eigenvalue weighted by Gasteiger charge is -2.28. The first kappa shape index (κ1) is 21.6. The maximum absolute atomic E-state index is 11.8. The van der Waals surface area contributed by atoms with Crippen LogP contribution in [-0.2, 0) is 30.7 Å². The van der Waals surface area contributed by atoms with E-state index in [1.165, 1.54) is 43.4 Å². The molecule has 7 nitrogen and oxygen atoms in total. The lowest BCUT2D eigenvalue weighted by atomic mass is 10.4. The van der Waals surface area contributed by atoms with Gasteiger partial charge in [0, 0.05) is 12.8 Å². The fraction of sp³-hybridized carbons (Fsp3) is 1.00. The third kappa shape index (κ3) is 7.24. The Kier molecular flexibility index (Phi) is 7.31. The first-order valence-electron chi connectivity index (χ1n) is 6.27. The van der Waals surface area contributed by atoms with Crippen LogP contribution in [0.4, 0.5) is 11.7 Å². The van der Waals surface area contributed by atoms with Gasteiger partial charge in [0.1, 0.15) is 0 Å². The molecule has 22 heavy (non-hydrogen) atoms. The highest BCUT2D eigenvalue weighted by Gasteiger charge is 2.50. The molecule has 0 N–H and O–H groups in total. The van der Waals surface area contributed by atoms with Crippen molar-refractivity contribution in [2.24, 2.45) is 0 Å². The van der Waals surface area contributed by atoms with Crippen molar-refractivity contribution < 1.29 is 41.4 Å². The van der Waals surface area contributed by atoms with Crippen molar-refractivity contribution in [1.82, 2.24) is 0 Å². The Labute approximate surface area is 129 Å². The second-order valence-electron chi connectivity index (χ2n) is 5.21. The normalized spacial score (nSPS) is 18.8. The fourth-order valence-corrected chi connectivity index (χ4v) is 5.57. The molecule has 0 spiro atoms. The second-order valence-corrected chi connectivity index (χ2v) is 10.4. The van der Waals surface area contributed by atoms with Gasteiger partial charge in [0.25, 0.3) is 0 Å². The Morgan fingerprint density at radius 3 is 1.36 bits per heavy atom. The molecule has 0 unspecified atom stereocenters. The molecule has 1 saturated heterocycles. The van der Waals surface area contributed by atoms with Gasteiger partial charge in [-0.3, -0.25) is 0 Å². The lowest BCUT2D eigenvalue weighted by Crippen LogP contribution is -2.41. The van der Waals surface area contributed by atoms with Crippen molar-refractivity contribution in [2.75, 3.05) is 26.7 Å². The molecule has 134 valence electrons.